The molecule has 0 amide bonds. The summed E-state index contributed by atoms with van der Waals surface area (Å²) in [4.78, 5) is 19.9. The fourth-order valence-corrected chi connectivity index (χ4v) is 9.42. The molecule has 12 rings (SSSR count). The lowest BCUT2D eigenvalue weighted by molar-refractivity contribution is 0.794. The number of hydrogen-bond acceptors (Lipinski definition) is 4. The van der Waals surface area contributed by atoms with Gasteiger partial charge < -0.3 is 4.57 Å². The van der Waals surface area contributed by atoms with Crippen LogP contribution >= 0.6 is 0 Å². The largest absolute Gasteiger partial charge is 0.309 e. The van der Waals surface area contributed by atoms with Crippen molar-refractivity contribution in [3.63, 3.8) is 0 Å². The van der Waals surface area contributed by atoms with Crippen molar-refractivity contribution in [1.29, 1.82) is 0 Å². The molecule has 1 atom stereocenters. The van der Waals surface area contributed by atoms with E-state index in [2.05, 4.69) is 149 Å². The van der Waals surface area contributed by atoms with Gasteiger partial charge in [0, 0.05) is 45.5 Å². The maximum atomic E-state index is 5.16. The topological polar surface area (TPSA) is 56.5 Å². The van der Waals surface area contributed by atoms with Crippen LogP contribution in [0.5, 0.6) is 0 Å². The molecular weight excluding hydrogens is 683 g/mol. The van der Waals surface area contributed by atoms with Crippen molar-refractivity contribution in [3.8, 4) is 62.1 Å². The minimum Gasteiger partial charge on any atom is -0.309 e. The zero-order chi connectivity index (χ0) is 36.8. The molecule has 260 valence electrons. The minimum atomic E-state index is -0.574. The van der Waals surface area contributed by atoms with Crippen LogP contribution < -0.4 is 0 Å². The van der Waals surface area contributed by atoms with Crippen molar-refractivity contribution in [2.24, 2.45) is 0 Å². The number of hydrogen-bond donors (Lipinski definition) is 0. The summed E-state index contributed by atoms with van der Waals surface area (Å²) in [6.45, 7) is 0. The van der Waals surface area contributed by atoms with Gasteiger partial charge in [0.25, 0.3) is 0 Å². The monoisotopic (exact) mass is 713 g/mol. The van der Waals surface area contributed by atoms with Crippen molar-refractivity contribution in [2.45, 2.75) is 5.41 Å². The van der Waals surface area contributed by atoms with E-state index in [4.69, 9.17) is 15.0 Å². The molecule has 2 aliphatic rings. The highest BCUT2D eigenvalue weighted by Gasteiger charge is 2.52. The Balaban J connectivity index is 1.16. The fourth-order valence-electron chi connectivity index (χ4n) is 9.42. The molecule has 0 bridgehead atoms. The summed E-state index contributed by atoms with van der Waals surface area (Å²) in [5.41, 5.74) is 15.7. The fraction of sp³-hybridized carbons (Fsp3) is 0.0196. The molecule has 0 N–H and O–H groups in total. The van der Waals surface area contributed by atoms with E-state index in [9.17, 15) is 0 Å². The molecule has 5 heteroatoms. The number of rotatable bonds is 4. The second-order valence-electron chi connectivity index (χ2n) is 14.6. The summed E-state index contributed by atoms with van der Waals surface area (Å²) >= 11 is 0. The Hall–Kier alpha value is -7.50. The number of fused-ring (bicyclic) bond motifs is 13. The molecule has 0 fully saturated rings. The average molecular weight is 714 g/mol. The van der Waals surface area contributed by atoms with Crippen LogP contribution in [0.2, 0.25) is 0 Å². The molecule has 0 saturated heterocycles. The molecule has 7 aromatic carbocycles. The van der Waals surface area contributed by atoms with E-state index in [1.54, 1.807) is 0 Å². The Morgan fingerprint density at radius 3 is 1.57 bits per heavy atom. The van der Waals surface area contributed by atoms with Crippen LogP contribution in [0.3, 0.4) is 0 Å². The van der Waals surface area contributed by atoms with Crippen molar-refractivity contribution in [3.05, 3.63) is 211 Å². The van der Waals surface area contributed by atoms with Crippen LogP contribution in [0.1, 0.15) is 22.3 Å². The summed E-state index contributed by atoms with van der Waals surface area (Å²) in [5, 5.41) is 2.33. The highest BCUT2D eigenvalue weighted by Crippen LogP contribution is 2.63. The van der Waals surface area contributed by atoms with Crippen LogP contribution in [0.15, 0.2) is 188 Å². The average Bonchev–Trinajstić information content (AvgIpc) is 3.87. The molecule has 0 radical (unpaired) electrons. The smallest absolute Gasteiger partial charge is 0.164 e. The van der Waals surface area contributed by atoms with Gasteiger partial charge in [0.15, 0.2) is 17.5 Å². The molecule has 2 aliphatic carbocycles. The van der Waals surface area contributed by atoms with Crippen molar-refractivity contribution >= 4 is 21.8 Å². The minimum absolute atomic E-state index is 0.574. The number of para-hydroxylation sites is 1. The summed E-state index contributed by atoms with van der Waals surface area (Å²) in [5.74, 6) is 1.94. The van der Waals surface area contributed by atoms with E-state index in [0.717, 1.165) is 38.8 Å². The Bertz CT molecular complexity index is 3130. The number of aromatic nitrogens is 5. The molecule has 1 unspecified atom stereocenters. The van der Waals surface area contributed by atoms with Crippen molar-refractivity contribution < 1.29 is 0 Å². The van der Waals surface area contributed by atoms with Crippen molar-refractivity contribution in [1.82, 2.24) is 24.5 Å². The van der Waals surface area contributed by atoms with E-state index in [-0.39, 0.29) is 0 Å². The Labute approximate surface area is 323 Å². The van der Waals surface area contributed by atoms with Gasteiger partial charge in [0.2, 0.25) is 0 Å². The Kier molecular flexibility index (Phi) is 6.48. The predicted octanol–water partition coefficient (Wildman–Crippen LogP) is 11.7. The van der Waals surface area contributed by atoms with Gasteiger partial charge >= 0.3 is 0 Å². The highest BCUT2D eigenvalue weighted by atomic mass is 15.0. The lowest BCUT2D eigenvalue weighted by Gasteiger charge is -2.31. The normalized spacial score (nSPS) is 14.9. The van der Waals surface area contributed by atoms with Gasteiger partial charge in [-0.15, -0.1) is 0 Å². The van der Waals surface area contributed by atoms with Crippen molar-refractivity contribution in [2.75, 3.05) is 0 Å². The quantitative estimate of drug-likeness (QED) is 0.182. The zero-order valence-electron chi connectivity index (χ0n) is 30.1. The summed E-state index contributed by atoms with van der Waals surface area (Å²) in [7, 11) is 0. The first-order valence-corrected chi connectivity index (χ1v) is 19.0. The molecule has 3 heterocycles. The summed E-state index contributed by atoms with van der Waals surface area (Å²) in [6, 6.07) is 62.7. The van der Waals surface area contributed by atoms with Crippen LogP contribution in [0.4, 0.5) is 0 Å². The second kappa shape index (κ2) is 11.7. The van der Waals surface area contributed by atoms with Gasteiger partial charge in [-0.1, -0.05) is 140 Å². The molecule has 3 aromatic heterocycles. The van der Waals surface area contributed by atoms with Gasteiger partial charge in [0.1, 0.15) is 0 Å². The van der Waals surface area contributed by atoms with E-state index in [1.165, 1.54) is 49.9 Å². The molecule has 0 aliphatic heterocycles. The molecule has 0 saturated carbocycles. The van der Waals surface area contributed by atoms with Gasteiger partial charge in [0.05, 0.1) is 16.4 Å². The second-order valence-corrected chi connectivity index (χ2v) is 14.6. The third-order valence-electron chi connectivity index (χ3n) is 11.7. The summed E-state index contributed by atoms with van der Waals surface area (Å²) in [6.07, 6.45) is 3.90. The van der Waals surface area contributed by atoms with Crippen LogP contribution in [-0.2, 0) is 5.41 Å². The molecule has 1 spiro atoms. The third-order valence-corrected chi connectivity index (χ3v) is 11.7. The first kappa shape index (κ1) is 30.9. The highest BCUT2D eigenvalue weighted by molar-refractivity contribution is 6.12. The zero-order valence-corrected chi connectivity index (χ0v) is 30.1. The van der Waals surface area contributed by atoms with Gasteiger partial charge in [-0.25, -0.2) is 15.0 Å². The van der Waals surface area contributed by atoms with Crippen LogP contribution in [0, 0.1) is 0 Å². The van der Waals surface area contributed by atoms with E-state index in [1.807, 2.05) is 48.8 Å². The van der Waals surface area contributed by atoms with Gasteiger partial charge in [-0.3, -0.25) is 4.98 Å². The maximum Gasteiger partial charge on any atom is 0.164 e. The first-order chi connectivity index (χ1) is 27.8. The van der Waals surface area contributed by atoms with Gasteiger partial charge in [-0.05, 0) is 80.9 Å². The predicted molar refractivity (Wildman–Crippen MR) is 225 cm³/mol. The standard InChI is InChI=1S/C51H31N5/c1-4-14-32(15-5-1)48-53-49(33-16-6-2-7-17-33)55-50(54-48)34-24-25-38-36-20-10-12-22-42(36)51(44(38)28-34)43-23-13-11-21-37(43)39-29-40-41-31-52-27-26-46(41)56(47(40)30-45(39)51)35-18-8-3-9-19-35/h1-31H. The Morgan fingerprint density at radius 2 is 0.911 bits per heavy atom. The molecule has 10 aromatic rings. The van der Waals surface area contributed by atoms with Gasteiger partial charge in [-0.2, -0.15) is 0 Å². The molecular formula is C51H31N5. The van der Waals surface area contributed by atoms with E-state index >= 15 is 0 Å². The first-order valence-electron chi connectivity index (χ1n) is 19.0. The molecule has 5 nitrogen and oxygen atoms in total. The third kappa shape index (κ3) is 4.25. The molecule has 56 heavy (non-hydrogen) atoms. The van der Waals surface area contributed by atoms with E-state index < -0.39 is 5.41 Å². The number of pyridine rings is 1. The number of nitrogens with zero attached hydrogens (tertiary/aromatic N) is 5. The number of benzene rings is 7. The van der Waals surface area contributed by atoms with Crippen LogP contribution in [-0.4, -0.2) is 24.5 Å². The SMILES string of the molecule is c1ccc(-c2nc(-c3ccccc3)nc(-c3ccc4c(c3)C3(c5ccccc5-4)c4ccccc4-c4cc5c6cnccc6n(-c6ccccc6)c5cc43)n2)cc1. The lowest BCUT2D eigenvalue weighted by Crippen LogP contribution is -2.26. The Morgan fingerprint density at radius 1 is 0.375 bits per heavy atom. The van der Waals surface area contributed by atoms with Crippen LogP contribution in [0.25, 0.3) is 83.9 Å². The summed E-state index contributed by atoms with van der Waals surface area (Å²) < 4.78 is 2.39. The maximum absolute atomic E-state index is 5.16. The van der Waals surface area contributed by atoms with E-state index in [0.29, 0.717) is 17.5 Å². The lowest BCUT2D eigenvalue weighted by atomic mass is 9.70.